The van der Waals surface area contributed by atoms with E-state index in [1.807, 2.05) is 18.2 Å². The molecule has 1 saturated carbocycles. The Morgan fingerprint density at radius 3 is 2.42 bits per heavy atom. The smallest absolute Gasteiger partial charge is 0.220 e. The van der Waals surface area contributed by atoms with Gasteiger partial charge in [-0.25, -0.2) is 0 Å². The molecule has 1 aromatic carbocycles. The molecule has 0 spiro atoms. The Morgan fingerprint density at radius 1 is 1.21 bits per heavy atom. The van der Waals surface area contributed by atoms with E-state index in [0.717, 1.165) is 19.3 Å². The molecule has 1 fully saturated rings. The highest BCUT2D eigenvalue weighted by molar-refractivity contribution is 5.85. The van der Waals surface area contributed by atoms with Gasteiger partial charge >= 0.3 is 0 Å². The van der Waals surface area contributed by atoms with Gasteiger partial charge in [0.05, 0.1) is 5.54 Å². The van der Waals surface area contributed by atoms with E-state index in [9.17, 15) is 4.79 Å². The van der Waals surface area contributed by atoms with Crippen molar-refractivity contribution in [2.45, 2.75) is 44.1 Å². The van der Waals surface area contributed by atoms with Crippen LogP contribution in [0.3, 0.4) is 0 Å². The minimum absolute atomic E-state index is 0. The summed E-state index contributed by atoms with van der Waals surface area (Å²) < 4.78 is 0. The molecule has 1 aliphatic rings. The number of hydrogen-bond acceptors (Lipinski definition) is 2. The standard InChI is InChI=1S/C15H22N2O.ClH/c16-12-15(10-4-5-11-15)17-14(18)9-8-13-6-2-1-3-7-13;/h1-3,6-7H,4-5,8-12,16H2,(H,17,18);1H. The lowest BCUT2D eigenvalue weighted by atomic mass is 9.97. The molecule has 0 heterocycles. The van der Waals surface area contributed by atoms with Crippen LogP contribution in [0.1, 0.15) is 37.7 Å². The third kappa shape index (κ3) is 4.51. The Morgan fingerprint density at radius 2 is 1.84 bits per heavy atom. The molecule has 0 unspecified atom stereocenters. The fraction of sp³-hybridized carbons (Fsp3) is 0.533. The van der Waals surface area contributed by atoms with Crippen LogP contribution in [0.25, 0.3) is 0 Å². The van der Waals surface area contributed by atoms with Crippen LogP contribution >= 0.6 is 12.4 Å². The van der Waals surface area contributed by atoms with Gasteiger partial charge in [0.15, 0.2) is 0 Å². The molecular formula is C15H23ClN2O. The first-order valence-electron chi connectivity index (χ1n) is 6.79. The fourth-order valence-corrected chi connectivity index (χ4v) is 2.69. The quantitative estimate of drug-likeness (QED) is 0.871. The van der Waals surface area contributed by atoms with E-state index in [0.29, 0.717) is 13.0 Å². The second-order valence-electron chi connectivity index (χ2n) is 5.23. The maximum Gasteiger partial charge on any atom is 0.220 e. The second-order valence-corrected chi connectivity index (χ2v) is 5.23. The van der Waals surface area contributed by atoms with Crippen molar-refractivity contribution in [1.82, 2.24) is 5.32 Å². The summed E-state index contributed by atoms with van der Waals surface area (Å²) in [6.07, 6.45) is 5.76. The van der Waals surface area contributed by atoms with Crippen molar-refractivity contribution in [3.05, 3.63) is 35.9 Å². The predicted octanol–water partition coefficient (Wildman–Crippen LogP) is 2.43. The first-order chi connectivity index (χ1) is 8.74. The Balaban J connectivity index is 0.00000180. The summed E-state index contributed by atoms with van der Waals surface area (Å²) >= 11 is 0. The molecule has 3 N–H and O–H groups in total. The van der Waals surface area contributed by atoms with Crippen molar-refractivity contribution in [3.8, 4) is 0 Å². The Labute approximate surface area is 121 Å². The molecule has 2 rings (SSSR count). The van der Waals surface area contributed by atoms with Gasteiger partial charge in [0.25, 0.3) is 0 Å². The fourth-order valence-electron chi connectivity index (χ4n) is 2.69. The Hall–Kier alpha value is -1.06. The molecule has 1 aliphatic carbocycles. The SMILES string of the molecule is Cl.NCC1(NC(=O)CCc2ccccc2)CCCC1. The lowest BCUT2D eigenvalue weighted by Gasteiger charge is -2.28. The second kappa shape index (κ2) is 7.51. The number of nitrogens with one attached hydrogen (secondary N) is 1. The number of amides is 1. The molecule has 0 saturated heterocycles. The van der Waals surface area contributed by atoms with E-state index >= 15 is 0 Å². The van der Waals surface area contributed by atoms with Crippen LogP contribution in [0, 0.1) is 0 Å². The number of halogens is 1. The molecule has 0 radical (unpaired) electrons. The zero-order valence-electron chi connectivity index (χ0n) is 11.2. The monoisotopic (exact) mass is 282 g/mol. The van der Waals surface area contributed by atoms with Crippen LogP contribution in [-0.4, -0.2) is 18.0 Å². The first-order valence-corrected chi connectivity index (χ1v) is 6.79. The number of nitrogens with two attached hydrogens (primary N) is 1. The van der Waals surface area contributed by atoms with Crippen LogP contribution in [0.4, 0.5) is 0 Å². The minimum Gasteiger partial charge on any atom is -0.349 e. The number of rotatable bonds is 5. The van der Waals surface area contributed by atoms with Gasteiger partial charge in [0.1, 0.15) is 0 Å². The van der Waals surface area contributed by atoms with Crippen LogP contribution in [0.5, 0.6) is 0 Å². The first kappa shape index (κ1) is 16.0. The molecule has 0 bridgehead atoms. The van der Waals surface area contributed by atoms with Crippen molar-refractivity contribution in [3.63, 3.8) is 0 Å². The van der Waals surface area contributed by atoms with Crippen LogP contribution in [0.2, 0.25) is 0 Å². The molecule has 0 aliphatic heterocycles. The van der Waals surface area contributed by atoms with Crippen molar-refractivity contribution in [1.29, 1.82) is 0 Å². The average Bonchev–Trinajstić information content (AvgIpc) is 2.87. The molecule has 19 heavy (non-hydrogen) atoms. The van der Waals surface area contributed by atoms with E-state index in [1.165, 1.54) is 18.4 Å². The van der Waals surface area contributed by atoms with Crippen LogP contribution in [0.15, 0.2) is 30.3 Å². The lowest BCUT2D eigenvalue weighted by molar-refractivity contribution is -0.122. The zero-order valence-corrected chi connectivity index (χ0v) is 12.0. The summed E-state index contributed by atoms with van der Waals surface area (Å²) in [6.45, 7) is 0.560. The zero-order chi connectivity index (χ0) is 12.8. The molecule has 1 aromatic rings. The van der Waals surface area contributed by atoms with E-state index in [4.69, 9.17) is 5.73 Å². The van der Waals surface area contributed by atoms with Crippen molar-refractivity contribution in [2.24, 2.45) is 5.73 Å². The van der Waals surface area contributed by atoms with Gasteiger partial charge < -0.3 is 11.1 Å². The highest BCUT2D eigenvalue weighted by Gasteiger charge is 2.33. The number of benzene rings is 1. The maximum atomic E-state index is 12.0. The minimum atomic E-state index is -0.117. The Kier molecular flexibility index (Phi) is 6.32. The van der Waals surface area contributed by atoms with Gasteiger partial charge in [-0.3, -0.25) is 4.79 Å². The van der Waals surface area contributed by atoms with Gasteiger partial charge in [-0.05, 0) is 24.8 Å². The van der Waals surface area contributed by atoms with Gasteiger partial charge in [-0.1, -0.05) is 43.2 Å². The maximum absolute atomic E-state index is 12.0. The molecule has 0 atom stereocenters. The van der Waals surface area contributed by atoms with Gasteiger partial charge in [0, 0.05) is 13.0 Å². The number of hydrogen-bond donors (Lipinski definition) is 2. The largest absolute Gasteiger partial charge is 0.349 e. The Bertz CT molecular complexity index is 388. The molecule has 4 heteroatoms. The van der Waals surface area contributed by atoms with Crippen molar-refractivity contribution >= 4 is 18.3 Å². The van der Waals surface area contributed by atoms with Crippen molar-refractivity contribution in [2.75, 3.05) is 6.54 Å². The van der Waals surface area contributed by atoms with Gasteiger partial charge in [0.2, 0.25) is 5.91 Å². The predicted molar refractivity (Wildman–Crippen MR) is 80.4 cm³/mol. The van der Waals surface area contributed by atoms with Gasteiger partial charge in [-0.2, -0.15) is 0 Å². The van der Waals surface area contributed by atoms with Gasteiger partial charge in [-0.15, -0.1) is 12.4 Å². The molecular weight excluding hydrogens is 260 g/mol. The number of carbonyl (C=O) groups is 1. The third-order valence-electron chi connectivity index (χ3n) is 3.84. The molecule has 0 aromatic heterocycles. The summed E-state index contributed by atoms with van der Waals surface area (Å²) in [4.78, 5) is 12.0. The molecule has 3 nitrogen and oxygen atoms in total. The summed E-state index contributed by atoms with van der Waals surface area (Å²) in [6, 6.07) is 10.1. The number of carbonyl (C=O) groups excluding carboxylic acids is 1. The summed E-state index contributed by atoms with van der Waals surface area (Å²) in [5.74, 6) is 0.131. The lowest BCUT2D eigenvalue weighted by Crippen LogP contribution is -2.51. The summed E-state index contributed by atoms with van der Waals surface area (Å²) in [5, 5.41) is 3.15. The van der Waals surface area contributed by atoms with E-state index in [-0.39, 0.29) is 23.9 Å². The van der Waals surface area contributed by atoms with Crippen LogP contribution in [-0.2, 0) is 11.2 Å². The highest BCUT2D eigenvalue weighted by atomic mass is 35.5. The molecule has 1 amide bonds. The topological polar surface area (TPSA) is 55.1 Å². The number of aryl methyl sites for hydroxylation is 1. The van der Waals surface area contributed by atoms with E-state index < -0.39 is 0 Å². The highest BCUT2D eigenvalue weighted by Crippen LogP contribution is 2.28. The third-order valence-corrected chi connectivity index (χ3v) is 3.84. The summed E-state index contributed by atoms with van der Waals surface area (Å²) in [5.41, 5.74) is 6.90. The van der Waals surface area contributed by atoms with Crippen LogP contribution < -0.4 is 11.1 Å². The van der Waals surface area contributed by atoms with E-state index in [2.05, 4.69) is 17.4 Å². The van der Waals surface area contributed by atoms with E-state index in [1.54, 1.807) is 0 Å². The average molecular weight is 283 g/mol. The molecule has 106 valence electrons. The normalized spacial score (nSPS) is 16.7. The summed E-state index contributed by atoms with van der Waals surface area (Å²) in [7, 11) is 0. The van der Waals surface area contributed by atoms with Crippen molar-refractivity contribution < 1.29 is 4.79 Å².